The molecule has 1 aliphatic rings. The third-order valence-electron chi connectivity index (χ3n) is 5.93. The van der Waals surface area contributed by atoms with Crippen molar-refractivity contribution in [3.8, 4) is 23.0 Å². The molecular formula is C24H25NO8. The van der Waals surface area contributed by atoms with Crippen LogP contribution in [0.4, 0.5) is 0 Å². The molecule has 174 valence electrons. The van der Waals surface area contributed by atoms with E-state index in [9.17, 15) is 24.9 Å². The highest BCUT2D eigenvalue weighted by atomic mass is 16.5. The summed E-state index contributed by atoms with van der Waals surface area (Å²) in [5.74, 6) is -1.36. The van der Waals surface area contributed by atoms with Crippen LogP contribution in [-0.2, 0) is 4.74 Å². The first-order valence-corrected chi connectivity index (χ1v) is 10.5. The van der Waals surface area contributed by atoms with Gasteiger partial charge in [0.05, 0.1) is 12.7 Å². The molecule has 9 nitrogen and oxygen atoms in total. The predicted octanol–water partition coefficient (Wildman–Crippen LogP) is 2.87. The van der Waals surface area contributed by atoms with Crippen LogP contribution in [-0.4, -0.2) is 59.5 Å². The Kier molecular flexibility index (Phi) is 5.90. The lowest BCUT2D eigenvalue weighted by Gasteiger charge is -2.36. The van der Waals surface area contributed by atoms with Crippen LogP contribution in [0.3, 0.4) is 0 Å². The Labute approximate surface area is 189 Å². The summed E-state index contributed by atoms with van der Waals surface area (Å²) in [6.45, 7) is 2.64. The lowest BCUT2D eigenvalue weighted by Crippen LogP contribution is -2.43. The van der Waals surface area contributed by atoms with Gasteiger partial charge < -0.3 is 34.1 Å². The quantitative estimate of drug-likeness (QED) is 0.509. The highest BCUT2D eigenvalue weighted by Crippen LogP contribution is 2.42. The standard InChI is InChI=1S/C24H25NO8/c1-12-8-16(27)22-18(29)10-17(28)21(23(22)32-12)14-6-7-25(2)11-20(14)33-24(30)13-4-5-15(26)19(9-13)31-3/h4-5,8-10,14,20,26,28-29H,6-7,11H2,1-3H3/t14-,20+/m0/s1. The van der Waals surface area contributed by atoms with Gasteiger partial charge in [-0.2, -0.15) is 0 Å². The Hall–Kier alpha value is -3.72. The van der Waals surface area contributed by atoms with Crippen LogP contribution in [0.25, 0.3) is 11.0 Å². The van der Waals surface area contributed by atoms with Gasteiger partial charge in [0.2, 0.25) is 0 Å². The largest absolute Gasteiger partial charge is 0.507 e. The van der Waals surface area contributed by atoms with E-state index in [1.165, 1.54) is 31.4 Å². The van der Waals surface area contributed by atoms with Gasteiger partial charge in [0.25, 0.3) is 0 Å². The molecule has 0 unspecified atom stereocenters. The highest BCUT2D eigenvalue weighted by Gasteiger charge is 2.36. The first kappa shape index (κ1) is 22.5. The van der Waals surface area contributed by atoms with Crippen LogP contribution < -0.4 is 10.2 Å². The second-order valence-corrected chi connectivity index (χ2v) is 8.24. The number of likely N-dealkylation sites (tertiary alicyclic amines) is 1. The van der Waals surface area contributed by atoms with Crippen molar-refractivity contribution in [1.82, 2.24) is 4.90 Å². The molecule has 1 saturated heterocycles. The number of carbonyl (C=O) groups is 1. The van der Waals surface area contributed by atoms with Crippen molar-refractivity contribution in [2.75, 3.05) is 27.2 Å². The van der Waals surface area contributed by atoms with E-state index in [2.05, 4.69) is 0 Å². The topological polar surface area (TPSA) is 130 Å². The number of methoxy groups -OCH3 is 1. The van der Waals surface area contributed by atoms with Crippen LogP contribution in [0.1, 0.15) is 34.0 Å². The maximum absolute atomic E-state index is 12.9. The predicted molar refractivity (Wildman–Crippen MR) is 119 cm³/mol. The number of piperidine rings is 1. The van der Waals surface area contributed by atoms with Gasteiger partial charge in [-0.25, -0.2) is 4.79 Å². The van der Waals surface area contributed by atoms with Crippen LogP contribution >= 0.6 is 0 Å². The average molecular weight is 455 g/mol. The molecule has 9 heteroatoms. The number of nitrogens with zero attached hydrogens (tertiary/aromatic N) is 1. The molecule has 1 aromatic heterocycles. The average Bonchev–Trinajstić information content (AvgIpc) is 2.74. The Bertz CT molecular complexity index is 1280. The molecule has 0 bridgehead atoms. The molecule has 0 amide bonds. The number of aromatic hydroxyl groups is 3. The number of hydrogen-bond acceptors (Lipinski definition) is 9. The monoisotopic (exact) mass is 455 g/mol. The fourth-order valence-electron chi connectivity index (χ4n) is 4.33. The summed E-state index contributed by atoms with van der Waals surface area (Å²) >= 11 is 0. The molecule has 1 fully saturated rings. The Morgan fingerprint density at radius 3 is 2.61 bits per heavy atom. The Morgan fingerprint density at radius 2 is 1.88 bits per heavy atom. The van der Waals surface area contributed by atoms with Crippen molar-refractivity contribution in [1.29, 1.82) is 0 Å². The third kappa shape index (κ3) is 4.19. The fourth-order valence-corrected chi connectivity index (χ4v) is 4.33. The zero-order chi connectivity index (χ0) is 23.9. The summed E-state index contributed by atoms with van der Waals surface area (Å²) in [6, 6.07) is 6.54. The van der Waals surface area contributed by atoms with Gasteiger partial charge in [-0.1, -0.05) is 0 Å². The number of likely N-dealkylation sites (N-methyl/N-ethyl adjacent to an activating group) is 1. The number of fused-ring (bicyclic) bond motifs is 1. The molecule has 3 N–H and O–H groups in total. The normalized spacial score (nSPS) is 18.9. The number of benzene rings is 2. The molecule has 0 radical (unpaired) electrons. The Balaban J connectivity index is 1.76. The van der Waals surface area contributed by atoms with E-state index >= 15 is 0 Å². The first-order chi connectivity index (χ1) is 15.7. The summed E-state index contributed by atoms with van der Waals surface area (Å²) < 4.78 is 16.7. The number of phenolic OH excluding ortho intramolecular Hbond substituents is 3. The van der Waals surface area contributed by atoms with E-state index in [1.807, 2.05) is 11.9 Å². The molecule has 3 aromatic rings. The number of carbonyl (C=O) groups excluding carboxylic acids is 1. The van der Waals surface area contributed by atoms with E-state index in [0.29, 0.717) is 30.8 Å². The maximum atomic E-state index is 12.9. The molecule has 0 spiro atoms. The smallest absolute Gasteiger partial charge is 0.338 e. The van der Waals surface area contributed by atoms with Crippen molar-refractivity contribution < 1.29 is 34.0 Å². The number of hydrogen-bond donors (Lipinski definition) is 3. The van der Waals surface area contributed by atoms with E-state index in [4.69, 9.17) is 13.9 Å². The van der Waals surface area contributed by atoms with E-state index in [1.54, 1.807) is 6.92 Å². The van der Waals surface area contributed by atoms with Crippen LogP contribution in [0.15, 0.2) is 39.5 Å². The van der Waals surface area contributed by atoms with E-state index in [0.717, 1.165) is 6.07 Å². The maximum Gasteiger partial charge on any atom is 0.338 e. The van der Waals surface area contributed by atoms with Crippen LogP contribution in [0.5, 0.6) is 23.0 Å². The first-order valence-electron chi connectivity index (χ1n) is 10.5. The summed E-state index contributed by atoms with van der Waals surface area (Å²) in [5, 5.41) is 30.8. The minimum absolute atomic E-state index is 0.0272. The van der Waals surface area contributed by atoms with Gasteiger partial charge in [-0.05, 0) is 45.1 Å². The number of esters is 1. The molecular weight excluding hydrogens is 430 g/mol. The summed E-state index contributed by atoms with van der Waals surface area (Å²) in [6.07, 6.45) is -0.168. The van der Waals surface area contributed by atoms with E-state index in [-0.39, 0.29) is 39.5 Å². The minimum atomic E-state index is -0.680. The number of ether oxygens (including phenoxy) is 2. The van der Waals surface area contributed by atoms with Gasteiger partial charge in [-0.3, -0.25) is 4.79 Å². The highest BCUT2D eigenvalue weighted by molar-refractivity contribution is 5.91. The zero-order valence-electron chi connectivity index (χ0n) is 18.5. The lowest BCUT2D eigenvalue weighted by molar-refractivity contribution is 0.00192. The molecule has 0 saturated carbocycles. The van der Waals surface area contributed by atoms with Gasteiger partial charge in [0, 0.05) is 30.2 Å². The summed E-state index contributed by atoms with van der Waals surface area (Å²) in [5.41, 5.74) is 0.168. The number of aryl methyl sites for hydroxylation is 1. The van der Waals surface area contributed by atoms with Gasteiger partial charge in [0.15, 0.2) is 16.9 Å². The van der Waals surface area contributed by atoms with Crippen molar-refractivity contribution >= 4 is 16.9 Å². The minimum Gasteiger partial charge on any atom is -0.507 e. The van der Waals surface area contributed by atoms with Crippen molar-refractivity contribution in [2.45, 2.75) is 25.4 Å². The number of phenols is 3. The number of rotatable bonds is 4. The Morgan fingerprint density at radius 1 is 1.12 bits per heavy atom. The SMILES string of the molecule is COc1cc(C(=O)O[C@@H]2CN(C)CC[C@@H]2c2c(O)cc(O)c3c(=O)cc(C)oc23)ccc1O. The van der Waals surface area contributed by atoms with Crippen molar-refractivity contribution in [3.05, 3.63) is 57.4 Å². The van der Waals surface area contributed by atoms with Crippen LogP contribution in [0, 0.1) is 6.92 Å². The lowest BCUT2D eigenvalue weighted by atomic mass is 9.85. The summed E-state index contributed by atoms with van der Waals surface area (Å²) in [4.78, 5) is 27.4. The summed E-state index contributed by atoms with van der Waals surface area (Å²) in [7, 11) is 3.27. The molecule has 0 aliphatic carbocycles. The molecule has 4 rings (SSSR count). The third-order valence-corrected chi connectivity index (χ3v) is 5.93. The molecule has 2 atom stereocenters. The zero-order valence-corrected chi connectivity index (χ0v) is 18.5. The second-order valence-electron chi connectivity index (χ2n) is 8.24. The molecule has 33 heavy (non-hydrogen) atoms. The van der Waals surface area contributed by atoms with Crippen molar-refractivity contribution in [2.24, 2.45) is 0 Å². The molecule has 1 aliphatic heterocycles. The van der Waals surface area contributed by atoms with Crippen LogP contribution in [0.2, 0.25) is 0 Å². The molecule has 2 heterocycles. The van der Waals surface area contributed by atoms with E-state index < -0.39 is 23.4 Å². The molecule has 2 aromatic carbocycles. The van der Waals surface area contributed by atoms with Crippen molar-refractivity contribution in [3.63, 3.8) is 0 Å². The van der Waals surface area contributed by atoms with Gasteiger partial charge >= 0.3 is 5.97 Å². The second kappa shape index (κ2) is 8.67. The van der Waals surface area contributed by atoms with Gasteiger partial charge in [-0.15, -0.1) is 0 Å². The van der Waals surface area contributed by atoms with Gasteiger partial charge in [0.1, 0.15) is 34.3 Å². The fraction of sp³-hybridized carbons (Fsp3) is 0.333.